The van der Waals surface area contributed by atoms with Gasteiger partial charge in [0.15, 0.2) is 6.10 Å². The second-order valence-corrected chi connectivity index (χ2v) is 5.19. The number of amides is 1. The molecule has 3 rings (SSSR count). The SMILES string of the molecule is CO[C@@H](C(=O)Nc1nnc(C)n1C1CC1)c1ccccc1. The van der Waals surface area contributed by atoms with E-state index in [1.165, 1.54) is 7.11 Å². The van der Waals surface area contributed by atoms with Gasteiger partial charge in [-0.2, -0.15) is 0 Å². The third-order valence-corrected chi connectivity index (χ3v) is 3.59. The molecule has 1 aromatic heterocycles. The van der Waals surface area contributed by atoms with Crippen LogP contribution in [0.25, 0.3) is 0 Å². The van der Waals surface area contributed by atoms with Gasteiger partial charge in [0.1, 0.15) is 5.82 Å². The van der Waals surface area contributed by atoms with Crippen LogP contribution >= 0.6 is 0 Å². The number of carbonyl (C=O) groups is 1. The number of anilines is 1. The number of rotatable bonds is 5. The third kappa shape index (κ3) is 2.80. The van der Waals surface area contributed by atoms with Crippen LogP contribution in [0.3, 0.4) is 0 Å². The predicted octanol–water partition coefficient (Wildman–Crippen LogP) is 2.25. The summed E-state index contributed by atoms with van der Waals surface area (Å²) < 4.78 is 7.31. The van der Waals surface area contributed by atoms with Gasteiger partial charge in [-0.1, -0.05) is 30.3 Å². The average molecular weight is 286 g/mol. The molecule has 0 saturated heterocycles. The molecule has 0 radical (unpaired) electrons. The third-order valence-electron chi connectivity index (χ3n) is 3.59. The molecule has 110 valence electrons. The van der Waals surface area contributed by atoms with Crippen molar-refractivity contribution in [3.63, 3.8) is 0 Å². The number of methoxy groups -OCH3 is 1. The minimum atomic E-state index is -0.657. The maximum atomic E-state index is 12.4. The first-order valence-corrected chi connectivity index (χ1v) is 7.01. The van der Waals surface area contributed by atoms with E-state index in [4.69, 9.17) is 4.74 Å². The Kier molecular flexibility index (Phi) is 3.70. The monoisotopic (exact) mass is 286 g/mol. The molecule has 1 N–H and O–H groups in total. The number of hydrogen-bond acceptors (Lipinski definition) is 4. The Balaban J connectivity index is 1.79. The number of aryl methyl sites for hydroxylation is 1. The highest BCUT2D eigenvalue weighted by molar-refractivity contribution is 5.93. The lowest BCUT2D eigenvalue weighted by molar-refractivity contribution is -0.126. The van der Waals surface area contributed by atoms with E-state index in [2.05, 4.69) is 15.5 Å². The summed E-state index contributed by atoms with van der Waals surface area (Å²) in [6.45, 7) is 1.89. The van der Waals surface area contributed by atoms with Gasteiger partial charge in [-0.3, -0.25) is 14.7 Å². The maximum absolute atomic E-state index is 12.4. The molecule has 0 bridgehead atoms. The van der Waals surface area contributed by atoms with Crippen LogP contribution in [0.1, 0.15) is 36.4 Å². The van der Waals surface area contributed by atoms with E-state index in [0.29, 0.717) is 12.0 Å². The van der Waals surface area contributed by atoms with Crippen LogP contribution in [-0.4, -0.2) is 27.8 Å². The Morgan fingerprint density at radius 2 is 2.05 bits per heavy atom. The van der Waals surface area contributed by atoms with Crippen molar-refractivity contribution in [2.75, 3.05) is 12.4 Å². The summed E-state index contributed by atoms with van der Waals surface area (Å²) in [6, 6.07) is 9.81. The van der Waals surface area contributed by atoms with Gasteiger partial charge in [0, 0.05) is 13.2 Å². The van der Waals surface area contributed by atoms with E-state index in [-0.39, 0.29) is 5.91 Å². The molecular weight excluding hydrogens is 268 g/mol. The number of benzene rings is 1. The summed E-state index contributed by atoms with van der Waals surface area (Å²) in [5, 5.41) is 10.9. The predicted molar refractivity (Wildman–Crippen MR) is 77.9 cm³/mol. The normalized spacial score (nSPS) is 15.7. The van der Waals surface area contributed by atoms with Crippen molar-refractivity contribution in [3.8, 4) is 0 Å². The van der Waals surface area contributed by atoms with Gasteiger partial charge < -0.3 is 4.74 Å². The van der Waals surface area contributed by atoms with Gasteiger partial charge in [-0.15, -0.1) is 10.2 Å². The molecule has 1 aliphatic carbocycles. The Morgan fingerprint density at radius 1 is 1.33 bits per heavy atom. The molecule has 1 aliphatic rings. The standard InChI is InChI=1S/C15H18N4O2/c1-10-17-18-15(19(10)12-8-9-12)16-14(20)13(21-2)11-6-4-3-5-7-11/h3-7,12-13H,8-9H2,1-2H3,(H,16,18,20)/t13-/m1/s1. The van der Waals surface area contributed by atoms with E-state index in [0.717, 1.165) is 24.2 Å². The second kappa shape index (κ2) is 5.65. The lowest BCUT2D eigenvalue weighted by Crippen LogP contribution is -2.24. The van der Waals surface area contributed by atoms with Crippen LogP contribution < -0.4 is 5.32 Å². The van der Waals surface area contributed by atoms with Crippen molar-refractivity contribution in [1.82, 2.24) is 14.8 Å². The van der Waals surface area contributed by atoms with Crippen molar-refractivity contribution in [3.05, 3.63) is 41.7 Å². The van der Waals surface area contributed by atoms with Crippen LogP contribution in [0.5, 0.6) is 0 Å². The number of hydrogen-bond donors (Lipinski definition) is 1. The van der Waals surface area contributed by atoms with Gasteiger partial charge in [0.05, 0.1) is 0 Å². The summed E-state index contributed by atoms with van der Waals surface area (Å²) in [5.41, 5.74) is 0.812. The fourth-order valence-electron chi connectivity index (χ4n) is 2.42. The molecule has 21 heavy (non-hydrogen) atoms. The number of aromatic nitrogens is 3. The first kappa shape index (κ1) is 13.8. The van der Waals surface area contributed by atoms with Crippen molar-refractivity contribution >= 4 is 11.9 Å². The van der Waals surface area contributed by atoms with Crippen molar-refractivity contribution < 1.29 is 9.53 Å². The molecule has 1 saturated carbocycles. The Labute approximate surface area is 123 Å². The first-order valence-electron chi connectivity index (χ1n) is 7.01. The summed E-state index contributed by atoms with van der Waals surface area (Å²) >= 11 is 0. The highest BCUT2D eigenvalue weighted by Crippen LogP contribution is 2.37. The summed E-state index contributed by atoms with van der Waals surface area (Å²) in [7, 11) is 1.52. The summed E-state index contributed by atoms with van der Waals surface area (Å²) in [5.74, 6) is 1.08. The quantitative estimate of drug-likeness (QED) is 0.915. The number of ether oxygens (including phenoxy) is 1. The molecule has 0 aliphatic heterocycles. The molecule has 1 fully saturated rings. The van der Waals surface area contributed by atoms with Crippen LogP contribution in [0.15, 0.2) is 30.3 Å². The molecule has 1 heterocycles. The van der Waals surface area contributed by atoms with Crippen molar-refractivity contribution in [2.24, 2.45) is 0 Å². The molecule has 6 heteroatoms. The number of nitrogens with zero attached hydrogens (tertiary/aromatic N) is 3. The van der Waals surface area contributed by atoms with E-state index < -0.39 is 6.10 Å². The van der Waals surface area contributed by atoms with Gasteiger partial charge in [0.2, 0.25) is 5.95 Å². The average Bonchev–Trinajstić information content (AvgIpc) is 3.26. The van der Waals surface area contributed by atoms with Crippen LogP contribution in [0.4, 0.5) is 5.95 Å². The highest BCUT2D eigenvalue weighted by Gasteiger charge is 2.30. The fraction of sp³-hybridized carbons (Fsp3) is 0.400. The van der Waals surface area contributed by atoms with Crippen molar-refractivity contribution in [1.29, 1.82) is 0 Å². The molecule has 1 aromatic carbocycles. The van der Waals surface area contributed by atoms with Gasteiger partial charge in [-0.25, -0.2) is 0 Å². The van der Waals surface area contributed by atoms with Crippen LogP contribution in [-0.2, 0) is 9.53 Å². The van der Waals surface area contributed by atoms with E-state index >= 15 is 0 Å². The largest absolute Gasteiger partial charge is 0.367 e. The van der Waals surface area contributed by atoms with Crippen LogP contribution in [0, 0.1) is 6.92 Å². The van der Waals surface area contributed by atoms with E-state index in [1.54, 1.807) is 0 Å². The lowest BCUT2D eigenvalue weighted by Gasteiger charge is -2.15. The highest BCUT2D eigenvalue weighted by atomic mass is 16.5. The zero-order valence-corrected chi connectivity index (χ0v) is 12.1. The van der Waals surface area contributed by atoms with E-state index in [1.807, 2.05) is 41.8 Å². The molecule has 1 amide bonds. The Hall–Kier alpha value is -2.21. The van der Waals surface area contributed by atoms with Gasteiger partial charge in [-0.05, 0) is 25.3 Å². The zero-order chi connectivity index (χ0) is 14.8. The maximum Gasteiger partial charge on any atom is 0.260 e. The summed E-state index contributed by atoms with van der Waals surface area (Å²) in [6.07, 6.45) is 1.55. The number of carbonyl (C=O) groups excluding carboxylic acids is 1. The minimum absolute atomic E-state index is 0.238. The molecule has 2 aromatic rings. The topological polar surface area (TPSA) is 69.0 Å². The number of nitrogens with one attached hydrogen (secondary N) is 1. The first-order chi connectivity index (χ1) is 10.2. The van der Waals surface area contributed by atoms with Crippen LogP contribution in [0.2, 0.25) is 0 Å². The lowest BCUT2D eigenvalue weighted by atomic mass is 10.1. The van der Waals surface area contributed by atoms with Gasteiger partial charge in [0.25, 0.3) is 5.91 Å². The van der Waals surface area contributed by atoms with E-state index in [9.17, 15) is 4.79 Å². The molecule has 0 spiro atoms. The Morgan fingerprint density at radius 3 is 2.67 bits per heavy atom. The minimum Gasteiger partial charge on any atom is -0.367 e. The fourth-order valence-corrected chi connectivity index (χ4v) is 2.42. The smallest absolute Gasteiger partial charge is 0.260 e. The second-order valence-electron chi connectivity index (χ2n) is 5.19. The summed E-state index contributed by atoms with van der Waals surface area (Å²) in [4.78, 5) is 12.4. The van der Waals surface area contributed by atoms with Crippen molar-refractivity contribution in [2.45, 2.75) is 31.9 Å². The zero-order valence-electron chi connectivity index (χ0n) is 12.1. The molecule has 1 atom stereocenters. The van der Waals surface area contributed by atoms with Gasteiger partial charge >= 0.3 is 0 Å². The molecule has 0 unspecified atom stereocenters. The Bertz CT molecular complexity index is 634. The molecular formula is C15H18N4O2. The molecule has 6 nitrogen and oxygen atoms in total.